The highest BCUT2D eigenvalue weighted by Crippen LogP contribution is 2.23. The van der Waals surface area contributed by atoms with Gasteiger partial charge in [-0.2, -0.15) is 0 Å². The predicted octanol–water partition coefficient (Wildman–Crippen LogP) is 2.39. The molecule has 0 atom stereocenters. The number of allylic oxidation sites excluding steroid dienone is 1. The van der Waals surface area contributed by atoms with Gasteiger partial charge in [-0.15, -0.1) is 6.58 Å². The van der Waals surface area contributed by atoms with Gasteiger partial charge in [-0.3, -0.25) is 0 Å². The van der Waals surface area contributed by atoms with Crippen LogP contribution in [0, 0.1) is 5.92 Å². The van der Waals surface area contributed by atoms with E-state index in [-0.39, 0.29) is 0 Å². The summed E-state index contributed by atoms with van der Waals surface area (Å²) in [6.07, 6.45) is 2.30. The Morgan fingerprint density at radius 2 is 1.94 bits per heavy atom. The minimum atomic E-state index is -0.396. The third kappa shape index (κ3) is 3.52. The van der Waals surface area contributed by atoms with Gasteiger partial charge >= 0.3 is 5.97 Å². The fraction of sp³-hybridized carbons (Fsp3) is 0.357. The Morgan fingerprint density at radius 1 is 1.39 bits per heavy atom. The molecule has 0 saturated carbocycles. The molecule has 0 aliphatic carbocycles. The number of rotatable bonds is 5. The first-order valence-electron chi connectivity index (χ1n) is 5.91. The number of hydrogen-bond donors (Lipinski definition) is 2. The van der Waals surface area contributed by atoms with Crippen LogP contribution in [0.1, 0.15) is 29.8 Å². The van der Waals surface area contributed by atoms with Gasteiger partial charge in [0.2, 0.25) is 0 Å². The Balaban J connectivity index is 2.91. The summed E-state index contributed by atoms with van der Waals surface area (Å²) in [5.41, 5.74) is 13.9. The quantitative estimate of drug-likeness (QED) is 0.476. The summed E-state index contributed by atoms with van der Waals surface area (Å²) in [5.74, 6) is -0.101. The van der Waals surface area contributed by atoms with Crippen LogP contribution in [0.15, 0.2) is 24.8 Å². The molecule has 0 spiro atoms. The van der Waals surface area contributed by atoms with Crippen LogP contribution >= 0.6 is 0 Å². The summed E-state index contributed by atoms with van der Waals surface area (Å²) in [6.45, 7) is 7.97. The number of carbonyl (C=O) groups excluding carboxylic acids is 1. The molecule has 0 aliphatic heterocycles. The zero-order valence-corrected chi connectivity index (χ0v) is 10.9. The first-order chi connectivity index (χ1) is 8.45. The van der Waals surface area contributed by atoms with Crippen molar-refractivity contribution < 1.29 is 9.53 Å². The maximum Gasteiger partial charge on any atom is 0.338 e. The Kier molecular flexibility index (Phi) is 4.77. The Bertz CT molecular complexity index is 430. The molecule has 0 aliphatic rings. The third-order valence-electron chi connectivity index (χ3n) is 2.45. The molecular formula is C14H20N2O2. The molecule has 0 bridgehead atoms. The predicted molar refractivity (Wildman–Crippen MR) is 74.3 cm³/mol. The molecule has 18 heavy (non-hydrogen) atoms. The molecule has 1 aromatic rings. The van der Waals surface area contributed by atoms with E-state index in [9.17, 15) is 4.79 Å². The molecule has 0 saturated heterocycles. The van der Waals surface area contributed by atoms with E-state index in [0.29, 0.717) is 35.9 Å². The molecular weight excluding hydrogens is 228 g/mol. The molecule has 1 aromatic carbocycles. The van der Waals surface area contributed by atoms with E-state index in [1.54, 1.807) is 18.2 Å². The summed E-state index contributed by atoms with van der Waals surface area (Å²) < 4.78 is 5.13. The standard InChI is InChI=1S/C14H20N2O2/c1-4-5-11-12(15)6-10(7-13(11)16)14(17)18-8-9(2)3/h4,6-7,9H,1,5,8,15-16H2,2-3H3. The molecule has 98 valence electrons. The molecule has 0 unspecified atom stereocenters. The van der Waals surface area contributed by atoms with E-state index < -0.39 is 5.97 Å². The van der Waals surface area contributed by atoms with Crippen molar-refractivity contribution in [2.24, 2.45) is 5.92 Å². The topological polar surface area (TPSA) is 78.3 Å². The van der Waals surface area contributed by atoms with Gasteiger partial charge in [0.25, 0.3) is 0 Å². The minimum absolute atomic E-state index is 0.295. The number of ether oxygens (including phenoxy) is 1. The number of carbonyl (C=O) groups is 1. The maximum absolute atomic E-state index is 11.8. The smallest absolute Gasteiger partial charge is 0.338 e. The second kappa shape index (κ2) is 6.10. The van der Waals surface area contributed by atoms with Crippen LogP contribution in [0.5, 0.6) is 0 Å². The van der Waals surface area contributed by atoms with Gasteiger partial charge in [-0.1, -0.05) is 19.9 Å². The van der Waals surface area contributed by atoms with Gasteiger partial charge in [-0.25, -0.2) is 4.79 Å². The number of nitrogen functional groups attached to an aromatic ring is 2. The number of hydrogen-bond acceptors (Lipinski definition) is 4. The lowest BCUT2D eigenvalue weighted by molar-refractivity contribution is 0.0459. The second-order valence-electron chi connectivity index (χ2n) is 4.62. The number of anilines is 2. The van der Waals surface area contributed by atoms with Crippen molar-refractivity contribution in [2.45, 2.75) is 20.3 Å². The van der Waals surface area contributed by atoms with Crippen molar-refractivity contribution in [2.75, 3.05) is 18.1 Å². The van der Waals surface area contributed by atoms with Gasteiger partial charge in [0.05, 0.1) is 12.2 Å². The van der Waals surface area contributed by atoms with E-state index in [1.807, 2.05) is 13.8 Å². The SMILES string of the molecule is C=CCc1c(N)cc(C(=O)OCC(C)C)cc1N. The molecule has 4 nitrogen and oxygen atoms in total. The van der Waals surface area contributed by atoms with Crippen molar-refractivity contribution in [3.8, 4) is 0 Å². The maximum atomic E-state index is 11.8. The summed E-state index contributed by atoms with van der Waals surface area (Å²) in [6, 6.07) is 3.19. The van der Waals surface area contributed by atoms with Crippen molar-refractivity contribution in [1.29, 1.82) is 0 Å². The molecule has 4 heteroatoms. The van der Waals surface area contributed by atoms with Crippen LogP contribution in [0.4, 0.5) is 11.4 Å². The van der Waals surface area contributed by atoms with E-state index in [0.717, 1.165) is 5.56 Å². The monoisotopic (exact) mass is 248 g/mol. The largest absolute Gasteiger partial charge is 0.462 e. The van der Waals surface area contributed by atoms with Crippen molar-refractivity contribution >= 4 is 17.3 Å². The molecule has 4 N–H and O–H groups in total. The summed E-state index contributed by atoms with van der Waals surface area (Å²) in [4.78, 5) is 11.8. The van der Waals surface area contributed by atoms with Gasteiger partial charge in [0.1, 0.15) is 0 Å². The van der Waals surface area contributed by atoms with Crippen LogP contribution in [-0.2, 0) is 11.2 Å². The molecule has 0 fully saturated rings. The highest BCUT2D eigenvalue weighted by molar-refractivity contribution is 5.92. The van der Waals surface area contributed by atoms with Gasteiger partial charge < -0.3 is 16.2 Å². The number of benzene rings is 1. The zero-order chi connectivity index (χ0) is 13.7. The second-order valence-corrected chi connectivity index (χ2v) is 4.62. The van der Waals surface area contributed by atoms with E-state index >= 15 is 0 Å². The average molecular weight is 248 g/mol. The Labute approximate surface area is 108 Å². The fourth-order valence-corrected chi connectivity index (χ4v) is 1.54. The molecule has 0 amide bonds. The van der Waals surface area contributed by atoms with Crippen LogP contribution in [0.25, 0.3) is 0 Å². The van der Waals surface area contributed by atoms with E-state index in [2.05, 4.69) is 6.58 Å². The fourth-order valence-electron chi connectivity index (χ4n) is 1.54. The third-order valence-corrected chi connectivity index (χ3v) is 2.45. The van der Waals surface area contributed by atoms with Crippen LogP contribution in [-0.4, -0.2) is 12.6 Å². The van der Waals surface area contributed by atoms with Crippen molar-refractivity contribution in [3.05, 3.63) is 35.9 Å². The molecule has 0 aromatic heterocycles. The lowest BCUT2D eigenvalue weighted by Gasteiger charge is -2.11. The zero-order valence-electron chi connectivity index (χ0n) is 10.9. The lowest BCUT2D eigenvalue weighted by atomic mass is 10.0. The highest BCUT2D eigenvalue weighted by Gasteiger charge is 2.12. The van der Waals surface area contributed by atoms with Crippen LogP contribution < -0.4 is 11.5 Å². The first kappa shape index (κ1) is 14.1. The average Bonchev–Trinajstić information content (AvgIpc) is 2.30. The van der Waals surface area contributed by atoms with Crippen molar-refractivity contribution in [1.82, 2.24) is 0 Å². The number of nitrogens with two attached hydrogens (primary N) is 2. The van der Waals surface area contributed by atoms with Gasteiger partial charge in [0.15, 0.2) is 0 Å². The molecule has 0 radical (unpaired) electrons. The summed E-state index contributed by atoms with van der Waals surface area (Å²) in [7, 11) is 0. The van der Waals surface area contributed by atoms with Crippen LogP contribution in [0.3, 0.4) is 0 Å². The molecule has 1 rings (SSSR count). The number of esters is 1. The van der Waals surface area contributed by atoms with E-state index in [4.69, 9.17) is 16.2 Å². The Morgan fingerprint density at radius 3 is 2.39 bits per heavy atom. The molecule has 0 heterocycles. The first-order valence-corrected chi connectivity index (χ1v) is 5.91. The van der Waals surface area contributed by atoms with Crippen molar-refractivity contribution in [3.63, 3.8) is 0 Å². The van der Waals surface area contributed by atoms with Crippen LogP contribution in [0.2, 0.25) is 0 Å². The normalized spacial score (nSPS) is 10.4. The summed E-state index contributed by atoms with van der Waals surface area (Å²) in [5, 5.41) is 0. The van der Waals surface area contributed by atoms with E-state index in [1.165, 1.54) is 0 Å². The summed E-state index contributed by atoms with van der Waals surface area (Å²) >= 11 is 0. The Hall–Kier alpha value is -1.97. The minimum Gasteiger partial charge on any atom is -0.462 e. The van der Waals surface area contributed by atoms with Gasteiger partial charge in [0, 0.05) is 16.9 Å². The highest BCUT2D eigenvalue weighted by atomic mass is 16.5. The van der Waals surface area contributed by atoms with Gasteiger partial charge in [-0.05, 0) is 24.5 Å². The lowest BCUT2D eigenvalue weighted by Crippen LogP contribution is -2.12.